The van der Waals surface area contributed by atoms with Crippen LogP contribution in [0.2, 0.25) is 0 Å². The smallest absolute Gasteiger partial charge is 0.272 e. The first-order valence-corrected chi connectivity index (χ1v) is 9.30. The number of rotatable bonds is 10. The van der Waals surface area contributed by atoms with Gasteiger partial charge in [0.25, 0.3) is 5.91 Å². The second-order valence-corrected chi connectivity index (χ2v) is 6.25. The molecule has 0 aliphatic heterocycles. The fourth-order valence-electron chi connectivity index (χ4n) is 2.85. The molecule has 2 rings (SSSR count). The Balaban J connectivity index is 1.96. The lowest BCUT2D eigenvalue weighted by atomic mass is 10.1. The molecule has 0 aliphatic carbocycles. The Morgan fingerprint density at radius 3 is 2.62 bits per heavy atom. The van der Waals surface area contributed by atoms with E-state index >= 15 is 0 Å². The molecular weight excluding hydrogens is 326 g/mol. The Bertz CT molecular complexity index is 697. The summed E-state index contributed by atoms with van der Waals surface area (Å²) in [6.07, 6.45) is 4.46. The van der Waals surface area contributed by atoms with Gasteiger partial charge in [-0.3, -0.25) is 9.78 Å². The molecule has 2 aromatic rings. The number of hydrogen-bond donors (Lipinski definition) is 1. The summed E-state index contributed by atoms with van der Waals surface area (Å²) in [4.78, 5) is 18.8. The Hall–Kier alpha value is -2.56. The highest BCUT2D eigenvalue weighted by atomic mass is 16.5. The van der Waals surface area contributed by atoms with Crippen LogP contribution in [0.1, 0.15) is 42.7 Å². The zero-order valence-corrected chi connectivity index (χ0v) is 16.0. The fraction of sp³-hybridized carbons (Fsp3) is 0.429. The molecule has 1 heterocycles. The zero-order chi connectivity index (χ0) is 18.8. The fourth-order valence-corrected chi connectivity index (χ4v) is 2.85. The molecule has 0 saturated carbocycles. The summed E-state index contributed by atoms with van der Waals surface area (Å²) < 4.78 is 5.25. The van der Waals surface area contributed by atoms with Gasteiger partial charge in [-0.2, -0.15) is 0 Å². The topological polar surface area (TPSA) is 54.5 Å². The highest BCUT2D eigenvalue weighted by molar-refractivity contribution is 5.93. The Morgan fingerprint density at radius 1 is 1.15 bits per heavy atom. The van der Waals surface area contributed by atoms with Crippen molar-refractivity contribution in [3.63, 3.8) is 0 Å². The predicted molar refractivity (Wildman–Crippen MR) is 106 cm³/mol. The number of hydrogen-bond acceptors (Lipinski definition) is 4. The lowest BCUT2D eigenvalue weighted by molar-refractivity contribution is 0.0749. The summed E-state index contributed by atoms with van der Waals surface area (Å²) in [5, 5.41) is 3.38. The predicted octanol–water partition coefficient (Wildman–Crippen LogP) is 4.01. The molecule has 1 aromatic carbocycles. The minimum absolute atomic E-state index is 0.00476. The van der Waals surface area contributed by atoms with Gasteiger partial charge in [-0.15, -0.1) is 0 Å². The first kappa shape index (κ1) is 19.8. The minimum atomic E-state index is 0.00476. The lowest BCUT2D eigenvalue weighted by Gasteiger charge is -2.21. The number of methoxy groups -OCH3 is 1. The van der Waals surface area contributed by atoms with E-state index in [1.807, 2.05) is 35.2 Å². The second-order valence-electron chi connectivity index (χ2n) is 6.25. The summed E-state index contributed by atoms with van der Waals surface area (Å²) >= 11 is 0. The van der Waals surface area contributed by atoms with Crippen molar-refractivity contribution < 1.29 is 9.53 Å². The molecular formula is C21H29N3O2. The van der Waals surface area contributed by atoms with Crippen molar-refractivity contribution >= 4 is 11.6 Å². The van der Waals surface area contributed by atoms with E-state index in [1.165, 1.54) is 5.56 Å². The summed E-state index contributed by atoms with van der Waals surface area (Å²) in [5.41, 5.74) is 2.62. The van der Waals surface area contributed by atoms with Gasteiger partial charge in [-0.05, 0) is 49.1 Å². The minimum Gasteiger partial charge on any atom is -0.497 e. The van der Waals surface area contributed by atoms with Crippen molar-refractivity contribution in [1.82, 2.24) is 9.88 Å². The van der Waals surface area contributed by atoms with E-state index in [2.05, 4.69) is 30.2 Å². The summed E-state index contributed by atoms with van der Waals surface area (Å²) in [7, 11) is 1.67. The standard InChI is InChI=1S/C21H29N3O2/c1-4-13-24(14-5-2)21(25)20-16-18(10-12-23-20)22-11-9-17-7-6-8-19(15-17)26-3/h6-8,10,12,15-16H,4-5,9,11,13-14H2,1-3H3,(H,22,23). The van der Waals surface area contributed by atoms with Gasteiger partial charge < -0.3 is 15.0 Å². The maximum absolute atomic E-state index is 12.7. The van der Waals surface area contributed by atoms with Gasteiger partial charge in [0.1, 0.15) is 11.4 Å². The Morgan fingerprint density at radius 2 is 1.92 bits per heavy atom. The maximum Gasteiger partial charge on any atom is 0.272 e. The van der Waals surface area contributed by atoms with E-state index in [0.29, 0.717) is 5.69 Å². The van der Waals surface area contributed by atoms with Crippen molar-refractivity contribution in [3.8, 4) is 5.75 Å². The second kappa shape index (κ2) is 10.4. The van der Waals surface area contributed by atoms with Gasteiger partial charge in [0.15, 0.2) is 0 Å². The van der Waals surface area contributed by atoms with Crippen LogP contribution in [0, 0.1) is 0 Å². The zero-order valence-electron chi connectivity index (χ0n) is 16.0. The number of carbonyl (C=O) groups excluding carboxylic acids is 1. The maximum atomic E-state index is 12.7. The monoisotopic (exact) mass is 355 g/mol. The van der Waals surface area contributed by atoms with Crippen LogP contribution in [0.4, 0.5) is 5.69 Å². The van der Waals surface area contributed by atoms with Crippen LogP contribution in [-0.2, 0) is 6.42 Å². The normalized spacial score (nSPS) is 10.4. The van der Waals surface area contributed by atoms with Crippen LogP contribution in [0.5, 0.6) is 5.75 Å². The molecule has 1 amide bonds. The average molecular weight is 355 g/mol. The summed E-state index contributed by atoms with van der Waals surface area (Å²) in [6.45, 7) is 6.47. The van der Waals surface area contributed by atoms with Crippen molar-refractivity contribution in [3.05, 3.63) is 53.9 Å². The largest absolute Gasteiger partial charge is 0.497 e. The number of nitrogens with zero attached hydrogens (tertiary/aromatic N) is 2. The molecule has 0 aliphatic rings. The van der Waals surface area contributed by atoms with Crippen molar-refractivity contribution in [1.29, 1.82) is 0 Å². The molecule has 0 radical (unpaired) electrons. The van der Waals surface area contributed by atoms with E-state index < -0.39 is 0 Å². The number of benzene rings is 1. The van der Waals surface area contributed by atoms with E-state index in [0.717, 1.165) is 50.3 Å². The van der Waals surface area contributed by atoms with Crippen LogP contribution in [0.15, 0.2) is 42.6 Å². The Labute approximate surface area is 156 Å². The van der Waals surface area contributed by atoms with Crippen LogP contribution >= 0.6 is 0 Å². The number of ether oxygens (including phenoxy) is 1. The van der Waals surface area contributed by atoms with Crippen LogP contribution in [0.25, 0.3) is 0 Å². The third-order valence-corrected chi connectivity index (χ3v) is 4.13. The van der Waals surface area contributed by atoms with Gasteiger partial charge in [0.05, 0.1) is 7.11 Å². The number of carbonyl (C=O) groups is 1. The third kappa shape index (κ3) is 5.76. The van der Waals surface area contributed by atoms with Crippen molar-refractivity contribution in [2.24, 2.45) is 0 Å². The third-order valence-electron chi connectivity index (χ3n) is 4.13. The number of pyridine rings is 1. The molecule has 0 unspecified atom stereocenters. The quantitative estimate of drug-likeness (QED) is 0.700. The molecule has 0 fully saturated rings. The number of amides is 1. The first-order valence-electron chi connectivity index (χ1n) is 9.30. The van der Waals surface area contributed by atoms with Crippen LogP contribution < -0.4 is 10.1 Å². The van der Waals surface area contributed by atoms with Crippen LogP contribution in [-0.4, -0.2) is 42.5 Å². The van der Waals surface area contributed by atoms with Crippen molar-refractivity contribution in [2.75, 3.05) is 32.1 Å². The van der Waals surface area contributed by atoms with Gasteiger partial charge in [0, 0.05) is 31.5 Å². The highest BCUT2D eigenvalue weighted by Gasteiger charge is 2.15. The molecule has 0 spiro atoms. The molecule has 0 saturated heterocycles. The van der Waals surface area contributed by atoms with E-state index in [1.54, 1.807) is 13.3 Å². The molecule has 5 heteroatoms. The van der Waals surface area contributed by atoms with Gasteiger partial charge >= 0.3 is 0 Å². The molecule has 0 atom stereocenters. The van der Waals surface area contributed by atoms with E-state index in [4.69, 9.17) is 4.74 Å². The summed E-state index contributed by atoms with van der Waals surface area (Å²) in [5.74, 6) is 0.872. The molecule has 0 bridgehead atoms. The number of aromatic nitrogens is 1. The molecule has 1 N–H and O–H groups in total. The Kier molecular flexibility index (Phi) is 7.93. The SMILES string of the molecule is CCCN(CCC)C(=O)c1cc(NCCc2cccc(OC)c2)ccn1. The molecule has 140 valence electrons. The molecule has 26 heavy (non-hydrogen) atoms. The lowest BCUT2D eigenvalue weighted by Crippen LogP contribution is -2.33. The highest BCUT2D eigenvalue weighted by Crippen LogP contribution is 2.14. The van der Waals surface area contributed by atoms with Gasteiger partial charge in [-0.1, -0.05) is 26.0 Å². The first-order chi connectivity index (χ1) is 12.7. The van der Waals surface area contributed by atoms with Gasteiger partial charge in [0.2, 0.25) is 0 Å². The van der Waals surface area contributed by atoms with Crippen LogP contribution in [0.3, 0.4) is 0 Å². The van der Waals surface area contributed by atoms with Gasteiger partial charge in [-0.25, -0.2) is 0 Å². The summed E-state index contributed by atoms with van der Waals surface area (Å²) in [6, 6.07) is 11.8. The number of anilines is 1. The van der Waals surface area contributed by atoms with E-state index in [-0.39, 0.29) is 5.91 Å². The number of nitrogens with one attached hydrogen (secondary N) is 1. The van der Waals surface area contributed by atoms with E-state index in [9.17, 15) is 4.79 Å². The molecule has 1 aromatic heterocycles. The average Bonchev–Trinajstić information content (AvgIpc) is 2.67. The molecule has 5 nitrogen and oxygen atoms in total. The van der Waals surface area contributed by atoms with Crippen molar-refractivity contribution in [2.45, 2.75) is 33.1 Å².